The monoisotopic (exact) mass is 383 g/mol. The molecule has 0 atom stereocenters. The van der Waals surface area contributed by atoms with Crippen molar-refractivity contribution in [1.82, 2.24) is 24.4 Å². The van der Waals surface area contributed by atoms with E-state index in [0.717, 1.165) is 26.2 Å². The minimum atomic E-state index is -0.625. The molecule has 1 fully saturated rings. The Hall–Kier alpha value is -3.40. The van der Waals surface area contributed by atoms with E-state index in [4.69, 9.17) is 10.5 Å². The van der Waals surface area contributed by atoms with Crippen molar-refractivity contribution < 1.29 is 9.53 Å². The van der Waals surface area contributed by atoms with Crippen LogP contribution in [0.25, 0.3) is 11.2 Å². The highest BCUT2D eigenvalue weighted by Gasteiger charge is 2.22. The summed E-state index contributed by atoms with van der Waals surface area (Å²) < 4.78 is 8.82. The molecule has 4 rings (SSSR count). The number of carbonyl (C=O) groups is 1. The average Bonchev–Trinajstić information content (AvgIpc) is 3.03. The Balaban J connectivity index is 1.80. The first-order valence-corrected chi connectivity index (χ1v) is 8.93. The molecule has 3 aromatic rings. The van der Waals surface area contributed by atoms with Crippen molar-refractivity contribution in [3.63, 3.8) is 0 Å². The predicted octanol–water partition coefficient (Wildman–Crippen LogP) is -0.0322. The molecule has 2 aromatic heterocycles. The van der Waals surface area contributed by atoms with Crippen LogP contribution in [0, 0.1) is 0 Å². The third-order valence-corrected chi connectivity index (χ3v) is 4.80. The molecule has 28 heavy (non-hydrogen) atoms. The van der Waals surface area contributed by atoms with Crippen molar-refractivity contribution in [2.24, 2.45) is 19.8 Å². The molecule has 1 aliphatic heterocycles. The normalized spacial score (nSPS) is 14.4. The van der Waals surface area contributed by atoms with Crippen LogP contribution in [0.4, 0.5) is 5.95 Å². The lowest BCUT2D eigenvalue weighted by Crippen LogP contribution is -2.44. The summed E-state index contributed by atoms with van der Waals surface area (Å²) in [5, 5.41) is 3.29. The number of para-hydroxylation sites is 1. The maximum absolute atomic E-state index is 12.9. The largest absolute Gasteiger partial charge is 0.425 e. The number of nitrogens with zero attached hydrogens (tertiary/aromatic N) is 5. The van der Waals surface area contributed by atoms with Crippen molar-refractivity contribution in [2.75, 3.05) is 31.1 Å². The van der Waals surface area contributed by atoms with E-state index >= 15 is 0 Å². The topological polar surface area (TPSA) is 120 Å². The van der Waals surface area contributed by atoms with Gasteiger partial charge in [0.2, 0.25) is 5.95 Å². The number of amides is 1. The van der Waals surface area contributed by atoms with E-state index in [-0.39, 0.29) is 22.9 Å². The van der Waals surface area contributed by atoms with Crippen LogP contribution >= 0.6 is 0 Å². The molecule has 1 aromatic carbocycles. The standard InChI is InChI=1S/C18H21N7O3/c1-23-13-15(21-17(23)25-9-7-20-8-10-25)22-18(24(2)16(13)27)28-12-6-4-3-5-11(12)14(19)26/h3-6,20H,7-10H2,1-2H3,(H2,19,26). The van der Waals surface area contributed by atoms with E-state index in [1.165, 1.54) is 4.57 Å². The molecule has 146 valence electrons. The van der Waals surface area contributed by atoms with Gasteiger partial charge in [0.15, 0.2) is 11.2 Å². The number of benzene rings is 1. The number of carbonyl (C=O) groups excluding carboxylic acids is 1. The number of hydrogen-bond donors (Lipinski definition) is 2. The number of anilines is 1. The smallest absolute Gasteiger partial charge is 0.306 e. The number of nitrogens with two attached hydrogens (primary N) is 1. The number of primary amides is 1. The maximum Gasteiger partial charge on any atom is 0.306 e. The van der Waals surface area contributed by atoms with Crippen LogP contribution < -0.4 is 26.2 Å². The first-order chi connectivity index (χ1) is 13.5. The van der Waals surface area contributed by atoms with Crippen LogP contribution in [0.2, 0.25) is 0 Å². The fraction of sp³-hybridized carbons (Fsp3) is 0.333. The maximum atomic E-state index is 12.9. The lowest BCUT2D eigenvalue weighted by Gasteiger charge is -2.28. The Morgan fingerprint density at radius 1 is 1.14 bits per heavy atom. The van der Waals surface area contributed by atoms with Gasteiger partial charge in [0.25, 0.3) is 11.5 Å². The fourth-order valence-corrected chi connectivity index (χ4v) is 3.30. The number of nitrogens with one attached hydrogen (secondary N) is 1. The van der Waals surface area contributed by atoms with Crippen molar-refractivity contribution in [3.05, 3.63) is 40.2 Å². The zero-order valence-corrected chi connectivity index (χ0v) is 15.7. The molecule has 0 aliphatic carbocycles. The third kappa shape index (κ3) is 2.97. The second-order valence-electron chi connectivity index (χ2n) is 6.60. The average molecular weight is 383 g/mol. The Morgan fingerprint density at radius 3 is 2.57 bits per heavy atom. The third-order valence-electron chi connectivity index (χ3n) is 4.80. The molecular formula is C18H21N7O3. The molecule has 0 radical (unpaired) electrons. The number of imidazole rings is 1. The summed E-state index contributed by atoms with van der Waals surface area (Å²) in [6.07, 6.45) is 0. The number of hydrogen-bond acceptors (Lipinski definition) is 7. The lowest BCUT2D eigenvalue weighted by molar-refractivity contribution is 0.0998. The molecule has 0 bridgehead atoms. The summed E-state index contributed by atoms with van der Waals surface area (Å²) in [7, 11) is 3.37. The van der Waals surface area contributed by atoms with Gasteiger partial charge in [-0.3, -0.25) is 14.2 Å². The highest BCUT2D eigenvalue weighted by molar-refractivity contribution is 5.95. The zero-order chi connectivity index (χ0) is 19.8. The van der Waals surface area contributed by atoms with E-state index in [1.54, 1.807) is 42.9 Å². The summed E-state index contributed by atoms with van der Waals surface area (Å²) in [5.41, 5.74) is 6.01. The molecule has 0 unspecified atom stereocenters. The van der Waals surface area contributed by atoms with Crippen LogP contribution in [0.1, 0.15) is 10.4 Å². The van der Waals surface area contributed by atoms with Crippen molar-refractivity contribution >= 4 is 23.0 Å². The van der Waals surface area contributed by atoms with Gasteiger partial charge in [-0.05, 0) is 12.1 Å². The molecule has 1 saturated heterocycles. The van der Waals surface area contributed by atoms with Crippen LogP contribution in [0.5, 0.6) is 11.8 Å². The Bertz CT molecular complexity index is 1110. The van der Waals surface area contributed by atoms with Crippen molar-refractivity contribution in [2.45, 2.75) is 0 Å². The highest BCUT2D eigenvalue weighted by atomic mass is 16.5. The summed E-state index contributed by atoms with van der Waals surface area (Å²) >= 11 is 0. The van der Waals surface area contributed by atoms with Crippen LogP contribution in [-0.4, -0.2) is 51.2 Å². The quantitative estimate of drug-likeness (QED) is 0.649. The van der Waals surface area contributed by atoms with Gasteiger partial charge in [-0.15, -0.1) is 0 Å². The summed E-state index contributed by atoms with van der Waals surface area (Å²) in [5.74, 6) is 0.298. The van der Waals surface area contributed by atoms with E-state index in [2.05, 4.69) is 20.2 Å². The Labute approximate surface area is 160 Å². The number of aryl methyl sites for hydroxylation is 1. The minimum Gasteiger partial charge on any atom is -0.425 e. The van der Waals surface area contributed by atoms with Gasteiger partial charge >= 0.3 is 6.01 Å². The van der Waals surface area contributed by atoms with Gasteiger partial charge < -0.3 is 25.3 Å². The minimum absolute atomic E-state index is 0.0381. The Morgan fingerprint density at radius 2 is 1.86 bits per heavy atom. The molecule has 3 heterocycles. The van der Waals surface area contributed by atoms with Crippen LogP contribution in [0.15, 0.2) is 29.1 Å². The van der Waals surface area contributed by atoms with Crippen molar-refractivity contribution in [1.29, 1.82) is 0 Å². The van der Waals surface area contributed by atoms with Crippen molar-refractivity contribution in [3.8, 4) is 11.8 Å². The first-order valence-electron chi connectivity index (χ1n) is 8.93. The summed E-state index contributed by atoms with van der Waals surface area (Å²) in [4.78, 5) is 35.7. The number of fused-ring (bicyclic) bond motifs is 1. The molecule has 0 saturated carbocycles. The molecule has 0 spiro atoms. The van der Waals surface area contributed by atoms with E-state index in [0.29, 0.717) is 17.1 Å². The highest BCUT2D eigenvalue weighted by Crippen LogP contribution is 2.25. The van der Waals surface area contributed by atoms with E-state index in [1.807, 2.05) is 0 Å². The van der Waals surface area contributed by atoms with Gasteiger partial charge in [0.05, 0.1) is 5.56 Å². The molecular weight excluding hydrogens is 362 g/mol. The molecule has 10 nitrogen and oxygen atoms in total. The zero-order valence-electron chi connectivity index (χ0n) is 15.7. The molecule has 1 aliphatic rings. The Kier molecular flexibility index (Phi) is 4.47. The van der Waals surface area contributed by atoms with Gasteiger partial charge in [0, 0.05) is 40.3 Å². The lowest BCUT2D eigenvalue weighted by atomic mass is 10.2. The summed E-state index contributed by atoms with van der Waals surface area (Å²) in [6, 6.07) is 6.58. The van der Waals surface area contributed by atoms with Crippen LogP contribution in [-0.2, 0) is 14.1 Å². The molecule has 3 N–H and O–H groups in total. The van der Waals surface area contributed by atoms with Gasteiger partial charge in [-0.2, -0.15) is 9.97 Å². The number of aromatic nitrogens is 4. The van der Waals surface area contributed by atoms with E-state index < -0.39 is 5.91 Å². The molecule has 1 amide bonds. The first kappa shape index (κ1) is 18.0. The predicted molar refractivity (Wildman–Crippen MR) is 104 cm³/mol. The fourth-order valence-electron chi connectivity index (χ4n) is 3.30. The second-order valence-corrected chi connectivity index (χ2v) is 6.60. The van der Waals surface area contributed by atoms with Crippen LogP contribution in [0.3, 0.4) is 0 Å². The van der Waals surface area contributed by atoms with E-state index in [9.17, 15) is 9.59 Å². The molecule has 10 heteroatoms. The number of rotatable bonds is 4. The van der Waals surface area contributed by atoms with Gasteiger partial charge in [-0.1, -0.05) is 12.1 Å². The van der Waals surface area contributed by atoms with Gasteiger partial charge in [0.1, 0.15) is 5.75 Å². The SMILES string of the molecule is Cn1c(Oc2ccccc2C(N)=O)nc2nc(N3CCNCC3)n(C)c2c1=O. The summed E-state index contributed by atoms with van der Waals surface area (Å²) in [6.45, 7) is 3.31. The second kappa shape index (κ2) is 6.97. The number of ether oxygens (including phenoxy) is 1. The number of piperazine rings is 1. The van der Waals surface area contributed by atoms with Gasteiger partial charge in [-0.25, -0.2) is 0 Å².